The summed E-state index contributed by atoms with van der Waals surface area (Å²) in [4.78, 5) is 25.9. The summed E-state index contributed by atoms with van der Waals surface area (Å²) in [7, 11) is 4.57. The number of hydrogen-bond acceptors (Lipinski definition) is 5. The van der Waals surface area contributed by atoms with E-state index < -0.39 is 5.97 Å². The molecule has 2 aromatic rings. The van der Waals surface area contributed by atoms with Crippen LogP contribution in [-0.4, -0.2) is 42.5 Å². The molecule has 0 spiro atoms. The number of rotatable bonds is 3. The molecule has 124 valence electrons. The molecular formula is C17H18N4O3. The number of nitrogens with zero attached hydrogens (tertiary/aromatic N) is 3. The number of aromatic nitrogens is 1. The Morgan fingerprint density at radius 1 is 1.33 bits per heavy atom. The lowest BCUT2D eigenvalue weighted by Crippen LogP contribution is -2.23. The molecule has 1 aromatic carbocycles. The molecule has 2 rings (SSSR count). The normalized spacial score (nSPS) is 10.1. The van der Waals surface area contributed by atoms with E-state index in [2.05, 4.69) is 0 Å². The molecule has 1 heterocycles. The third kappa shape index (κ3) is 2.70. The van der Waals surface area contributed by atoms with Crippen molar-refractivity contribution in [1.29, 1.82) is 5.26 Å². The number of benzene rings is 1. The van der Waals surface area contributed by atoms with Crippen molar-refractivity contribution in [3.63, 3.8) is 0 Å². The maximum atomic E-state index is 12.3. The summed E-state index contributed by atoms with van der Waals surface area (Å²) in [5.74, 6) is -0.813. The number of ether oxygens (including phenoxy) is 1. The second-order valence-electron chi connectivity index (χ2n) is 5.43. The lowest BCUT2D eigenvalue weighted by atomic mass is 10.1. The van der Waals surface area contributed by atoms with E-state index >= 15 is 0 Å². The number of anilines is 1. The van der Waals surface area contributed by atoms with Crippen molar-refractivity contribution in [3.8, 4) is 11.8 Å². The van der Waals surface area contributed by atoms with Crippen LogP contribution in [0.15, 0.2) is 24.4 Å². The predicted octanol–water partition coefficient (Wildman–Crippen LogP) is 1.73. The third-order valence-electron chi connectivity index (χ3n) is 3.74. The molecule has 2 N–H and O–H groups in total. The standard InChI is InChI=1S/C17H18N4O3/c1-10-12(16(22)20(2)3)6-5-7-13(10)21-9-11(8-18)14(19)15(21)17(23)24-4/h5-7,9H,19H2,1-4H3. The van der Waals surface area contributed by atoms with Crippen molar-refractivity contribution in [2.24, 2.45) is 0 Å². The molecule has 0 aliphatic carbocycles. The van der Waals surface area contributed by atoms with Gasteiger partial charge >= 0.3 is 5.97 Å². The summed E-state index contributed by atoms with van der Waals surface area (Å²) >= 11 is 0. The van der Waals surface area contributed by atoms with E-state index in [1.165, 1.54) is 22.8 Å². The molecule has 24 heavy (non-hydrogen) atoms. The van der Waals surface area contributed by atoms with E-state index in [0.29, 0.717) is 16.8 Å². The highest BCUT2D eigenvalue weighted by Gasteiger charge is 2.23. The van der Waals surface area contributed by atoms with Gasteiger partial charge in [-0.1, -0.05) is 6.07 Å². The van der Waals surface area contributed by atoms with E-state index in [1.807, 2.05) is 6.07 Å². The van der Waals surface area contributed by atoms with E-state index in [-0.39, 0.29) is 22.9 Å². The van der Waals surface area contributed by atoms with Gasteiger partial charge in [-0.3, -0.25) is 4.79 Å². The molecule has 0 unspecified atom stereocenters. The highest BCUT2D eigenvalue weighted by molar-refractivity contribution is 5.98. The molecule has 0 radical (unpaired) electrons. The number of amides is 1. The van der Waals surface area contributed by atoms with Crippen LogP contribution in [0.25, 0.3) is 5.69 Å². The van der Waals surface area contributed by atoms with Gasteiger partial charge in [-0.15, -0.1) is 0 Å². The number of methoxy groups -OCH3 is 1. The summed E-state index contributed by atoms with van der Waals surface area (Å²) in [6.45, 7) is 1.77. The largest absolute Gasteiger partial charge is 0.464 e. The molecule has 0 bridgehead atoms. The van der Waals surface area contributed by atoms with E-state index in [9.17, 15) is 14.9 Å². The van der Waals surface area contributed by atoms with E-state index in [1.54, 1.807) is 39.2 Å². The van der Waals surface area contributed by atoms with Crippen LogP contribution in [0.2, 0.25) is 0 Å². The van der Waals surface area contributed by atoms with Gasteiger partial charge in [0.1, 0.15) is 6.07 Å². The maximum Gasteiger partial charge on any atom is 0.357 e. The molecule has 1 amide bonds. The minimum Gasteiger partial charge on any atom is -0.464 e. The van der Waals surface area contributed by atoms with Gasteiger partial charge in [0.05, 0.1) is 18.4 Å². The van der Waals surface area contributed by atoms with Crippen LogP contribution in [0, 0.1) is 18.3 Å². The van der Waals surface area contributed by atoms with Gasteiger partial charge in [-0.2, -0.15) is 5.26 Å². The molecule has 1 aromatic heterocycles. The average Bonchev–Trinajstić information content (AvgIpc) is 2.90. The second kappa shape index (κ2) is 6.46. The Bertz CT molecular complexity index is 859. The Hall–Kier alpha value is -3.27. The lowest BCUT2D eigenvalue weighted by Gasteiger charge is -2.16. The Balaban J connectivity index is 2.74. The van der Waals surface area contributed by atoms with Gasteiger partial charge in [0.2, 0.25) is 0 Å². The topological polar surface area (TPSA) is 101 Å². The maximum absolute atomic E-state index is 12.3. The van der Waals surface area contributed by atoms with Gasteiger partial charge < -0.3 is 19.9 Å². The molecular weight excluding hydrogens is 308 g/mol. The van der Waals surface area contributed by atoms with Gasteiger partial charge in [-0.05, 0) is 24.6 Å². The number of nitriles is 1. The first-order chi connectivity index (χ1) is 11.3. The molecule has 0 saturated carbocycles. The average molecular weight is 326 g/mol. The van der Waals surface area contributed by atoms with Crippen molar-refractivity contribution in [1.82, 2.24) is 9.47 Å². The Morgan fingerprint density at radius 2 is 2.00 bits per heavy atom. The number of nitrogen functional groups attached to an aromatic ring is 1. The summed E-state index contributed by atoms with van der Waals surface area (Å²) in [5.41, 5.74) is 7.93. The highest BCUT2D eigenvalue weighted by Crippen LogP contribution is 2.27. The summed E-state index contributed by atoms with van der Waals surface area (Å²) in [6.07, 6.45) is 1.47. The number of carbonyl (C=O) groups is 2. The fraction of sp³-hybridized carbons (Fsp3) is 0.235. The van der Waals surface area contributed by atoms with Crippen LogP contribution in [0.5, 0.6) is 0 Å². The highest BCUT2D eigenvalue weighted by atomic mass is 16.5. The van der Waals surface area contributed by atoms with Crippen LogP contribution >= 0.6 is 0 Å². The first kappa shape index (κ1) is 17.1. The smallest absolute Gasteiger partial charge is 0.357 e. The second-order valence-corrected chi connectivity index (χ2v) is 5.43. The minimum absolute atomic E-state index is 0.0492. The summed E-state index contributed by atoms with van der Waals surface area (Å²) in [5, 5.41) is 9.19. The van der Waals surface area contributed by atoms with E-state index in [4.69, 9.17) is 10.5 Å². The zero-order valence-corrected chi connectivity index (χ0v) is 14.0. The molecule has 0 atom stereocenters. The quantitative estimate of drug-likeness (QED) is 0.866. The molecule has 7 nitrogen and oxygen atoms in total. The van der Waals surface area contributed by atoms with Crippen LogP contribution in [0.4, 0.5) is 5.69 Å². The predicted molar refractivity (Wildman–Crippen MR) is 89.0 cm³/mol. The Labute approximate surface area is 139 Å². The number of carbonyl (C=O) groups excluding carboxylic acids is 2. The van der Waals surface area contributed by atoms with Crippen molar-refractivity contribution >= 4 is 17.6 Å². The van der Waals surface area contributed by atoms with Crippen LogP contribution < -0.4 is 5.73 Å². The van der Waals surface area contributed by atoms with Crippen molar-refractivity contribution in [2.75, 3.05) is 26.9 Å². The van der Waals surface area contributed by atoms with Gasteiger partial charge in [-0.25, -0.2) is 4.79 Å². The molecule has 0 fully saturated rings. The first-order valence-electron chi connectivity index (χ1n) is 7.14. The molecule has 0 aliphatic heterocycles. The monoisotopic (exact) mass is 326 g/mol. The zero-order chi connectivity index (χ0) is 18.0. The molecule has 0 saturated heterocycles. The number of hydrogen-bond donors (Lipinski definition) is 1. The lowest BCUT2D eigenvalue weighted by molar-refractivity contribution is 0.0593. The van der Waals surface area contributed by atoms with Gasteiger partial charge in [0.25, 0.3) is 5.91 Å². The van der Waals surface area contributed by atoms with Crippen LogP contribution in [0.1, 0.15) is 32.0 Å². The van der Waals surface area contributed by atoms with Crippen LogP contribution in [0.3, 0.4) is 0 Å². The van der Waals surface area contributed by atoms with Crippen LogP contribution in [-0.2, 0) is 4.74 Å². The third-order valence-corrected chi connectivity index (χ3v) is 3.74. The minimum atomic E-state index is -0.655. The Morgan fingerprint density at radius 3 is 2.54 bits per heavy atom. The summed E-state index contributed by atoms with van der Waals surface area (Å²) in [6, 6.07) is 7.11. The summed E-state index contributed by atoms with van der Waals surface area (Å²) < 4.78 is 6.26. The number of nitrogens with two attached hydrogens (primary N) is 1. The van der Waals surface area contributed by atoms with E-state index in [0.717, 1.165) is 0 Å². The SMILES string of the molecule is COC(=O)c1c(N)c(C#N)cn1-c1cccc(C(=O)N(C)C)c1C. The zero-order valence-electron chi connectivity index (χ0n) is 14.0. The Kier molecular flexibility index (Phi) is 4.60. The molecule has 7 heteroatoms. The number of esters is 1. The fourth-order valence-corrected chi connectivity index (χ4v) is 2.46. The van der Waals surface area contributed by atoms with Crippen molar-refractivity contribution in [2.45, 2.75) is 6.92 Å². The first-order valence-corrected chi connectivity index (χ1v) is 7.14. The van der Waals surface area contributed by atoms with Gasteiger partial charge in [0, 0.05) is 31.5 Å². The van der Waals surface area contributed by atoms with Crippen molar-refractivity contribution in [3.05, 3.63) is 46.8 Å². The molecule has 0 aliphatic rings. The van der Waals surface area contributed by atoms with Crippen molar-refractivity contribution < 1.29 is 14.3 Å². The fourth-order valence-electron chi connectivity index (χ4n) is 2.46. The van der Waals surface area contributed by atoms with Gasteiger partial charge in [0.15, 0.2) is 5.69 Å².